The molecule has 1 atom stereocenters. The van der Waals surface area contributed by atoms with Crippen molar-refractivity contribution >= 4 is 7.05 Å². The fourth-order valence-corrected chi connectivity index (χ4v) is 2.06. The Morgan fingerprint density at radius 2 is 2.29 bits per heavy atom. The zero-order chi connectivity index (χ0) is 12.3. The lowest BCUT2D eigenvalue weighted by atomic mass is 9.82. The monoisotopic (exact) mass is 233 g/mol. The highest BCUT2D eigenvalue weighted by Gasteiger charge is 2.25. The van der Waals surface area contributed by atoms with Gasteiger partial charge in [0.25, 0.3) is 0 Å². The zero-order valence-electron chi connectivity index (χ0n) is 10.8. The van der Waals surface area contributed by atoms with Crippen LogP contribution in [0.1, 0.15) is 38.3 Å². The highest BCUT2D eigenvalue weighted by Crippen LogP contribution is 2.32. The molecule has 0 fully saturated rings. The van der Waals surface area contributed by atoms with E-state index in [0.717, 1.165) is 30.9 Å². The normalized spacial score (nSPS) is 18.5. The van der Waals surface area contributed by atoms with Crippen molar-refractivity contribution in [2.75, 3.05) is 6.61 Å². The number of hydrogen-bond donors (Lipinski definition) is 1. The molecular formula is C13H20BNO2. The number of rotatable bonds is 4. The first-order valence-corrected chi connectivity index (χ1v) is 6.40. The number of fused-ring (bicyclic) bond motifs is 1. The van der Waals surface area contributed by atoms with E-state index in [1.165, 1.54) is 5.56 Å². The molecule has 0 spiro atoms. The molecule has 2 rings (SSSR count). The van der Waals surface area contributed by atoms with E-state index in [0.29, 0.717) is 6.04 Å². The molecule has 0 bridgehead atoms. The van der Waals surface area contributed by atoms with Gasteiger partial charge in [0.05, 0.1) is 6.61 Å². The van der Waals surface area contributed by atoms with Gasteiger partial charge in [-0.05, 0) is 38.4 Å². The van der Waals surface area contributed by atoms with Crippen molar-refractivity contribution < 1.29 is 9.39 Å². The summed E-state index contributed by atoms with van der Waals surface area (Å²) in [6.45, 7) is 7.12. The smallest absolute Gasteiger partial charge is 0.443 e. The van der Waals surface area contributed by atoms with E-state index in [-0.39, 0.29) is 7.05 Å². The number of benzene rings is 1. The van der Waals surface area contributed by atoms with Crippen molar-refractivity contribution in [1.82, 2.24) is 5.23 Å². The maximum atomic E-state index is 5.72. The van der Waals surface area contributed by atoms with Crippen LogP contribution in [0, 0.1) is 0 Å². The van der Waals surface area contributed by atoms with Crippen LogP contribution >= 0.6 is 0 Å². The standard InChI is InChI=1S/C13H20BNO2/c1-4-5-8-16-11-6-7-13-12(9-11)10(2)15-14(3)17-13/h6-7,9-10,15H,4-5,8H2,1-3H3. The minimum absolute atomic E-state index is 0.0735. The van der Waals surface area contributed by atoms with Crippen LogP contribution in [0.25, 0.3) is 0 Å². The summed E-state index contributed by atoms with van der Waals surface area (Å²) in [7, 11) is 0.0735. The molecule has 1 aromatic carbocycles. The molecule has 0 aliphatic carbocycles. The molecule has 0 radical (unpaired) electrons. The Hall–Kier alpha value is -1.16. The Balaban J connectivity index is 2.10. The molecule has 17 heavy (non-hydrogen) atoms. The van der Waals surface area contributed by atoms with Crippen molar-refractivity contribution in [3.05, 3.63) is 23.8 Å². The van der Waals surface area contributed by atoms with Crippen LogP contribution < -0.4 is 14.6 Å². The molecule has 1 aliphatic rings. The summed E-state index contributed by atoms with van der Waals surface area (Å²) >= 11 is 0. The lowest BCUT2D eigenvalue weighted by molar-refractivity contribution is 0.308. The molecule has 0 aromatic heterocycles. The van der Waals surface area contributed by atoms with Crippen LogP contribution in [0.2, 0.25) is 6.82 Å². The Morgan fingerprint density at radius 1 is 1.47 bits per heavy atom. The second-order valence-electron chi connectivity index (χ2n) is 4.55. The lowest BCUT2D eigenvalue weighted by Gasteiger charge is -2.28. The molecule has 3 nitrogen and oxygen atoms in total. The van der Waals surface area contributed by atoms with Crippen LogP contribution in [0.3, 0.4) is 0 Å². The van der Waals surface area contributed by atoms with Crippen molar-refractivity contribution in [3.8, 4) is 11.5 Å². The fourth-order valence-electron chi connectivity index (χ4n) is 2.06. The Morgan fingerprint density at radius 3 is 3.06 bits per heavy atom. The van der Waals surface area contributed by atoms with E-state index in [1.54, 1.807) is 0 Å². The Kier molecular flexibility index (Phi) is 3.95. The summed E-state index contributed by atoms with van der Waals surface area (Å²) in [5, 5.41) is 3.35. The van der Waals surface area contributed by atoms with Crippen LogP contribution in [0.4, 0.5) is 0 Å². The number of unbranched alkanes of at least 4 members (excludes halogenated alkanes) is 1. The lowest BCUT2D eigenvalue weighted by Crippen LogP contribution is -2.42. The van der Waals surface area contributed by atoms with Gasteiger partial charge in [-0.2, -0.15) is 0 Å². The van der Waals surface area contributed by atoms with Gasteiger partial charge >= 0.3 is 7.05 Å². The van der Waals surface area contributed by atoms with Gasteiger partial charge < -0.3 is 14.6 Å². The third-order valence-electron chi connectivity index (χ3n) is 3.00. The van der Waals surface area contributed by atoms with Gasteiger partial charge in [0.1, 0.15) is 11.5 Å². The van der Waals surface area contributed by atoms with Crippen molar-refractivity contribution in [1.29, 1.82) is 0 Å². The maximum Gasteiger partial charge on any atom is 0.443 e. The highest BCUT2D eigenvalue weighted by molar-refractivity contribution is 6.48. The summed E-state index contributed by atoms with van der Waals surface area (Å²) in [5.41, 5.74) is 1.18. The second kappa shape index (κ2) is 5.45. The predicted molar refractivity (Wildman–Crippen MR) is 70.6 cm³/mol. The third kappa shape index (κ3) is 2.94. The van der Waals surface area contributed by atoms with E-state index < -0.39 is 0 Å². The number of hydrogen-bond acceptors (Lipinski definition) is 3. The van der Waals surface area contributed by atoms with Gasteiger partial charge in [0.15, 0.2) is 0 Å². The minimum atomic E-state index is 0.0735. The number of nitrogens with one attached hydrogen (secondary N) is 1. The van der Waals surface area contributed by atoms with E-state index in [2.05, 4.69) is 25.1 Å². The maximum absolute atomic E-state index is 5.72. The largest absolute Gasteiger partial charge is 0.546 e. The summed E-state index contributed by atoms with van der Waals surface area (Å²) < 4.78 is 11.4. The molecule has 0 saturated heterocycles. The average molecular weight is 233 g/mol. The van der Waals surface area contributed by atoms with E-state index in [1.807, 2.05) is 19.0 Å². The van der Waals surface area contributed by atoms with Crippen molar-refractivity contribution in [2.24, 2.45) is 0 Å². The Bertz CT molecular complexity index is 384. The molecular weight excluding hydrogens is 213 g/mol. The highest BCUT2D eigenvalue weighted by atomic mass is 16.5. The van der Waals surface area contributed by atoms with Gasteiger partial charge in [-0.3, -0.25) is 0 Å². The molecule has 0 saturated carbocycles. The molecule has 1 N–H and O–H groups in total. The second-order valence-corrected chi connectivity index (χ2v) is 4.55. The third-order valence-corrected chi connectivity index (χ3v) is 3.00. The first kappa shape index (κ1) is 12.3. The first-order chi connectivity index (χ1) is 8.20. The first-order valence-electron chi connectivity index (χ1n) is 6.40. The summed E-state index contributed by atoms with van der Waals surface area (Å²) in [6, 6.07) is 6.38. The number of ether oxygens (including phenoxy) is 1. The summed E-state index contributed by atoms with van der Waals surface area (Å²) in [6.07, 6.45) is 2.25. The summed E-state index contributed by atoms with van der Waals surface area (Å²) in [5.74, 6) is 1.90. The van der Waals surface area contributed by atoms with Gasteiger partial charge in [-0.15, -0.1) is 0 Å². The minimum Gasteiger partial charge on any atom is -0.546 e. The van der Waals surface area contributed by atoms with Gasteiger partial charge in [-0.25, -0.2) is 0 Å². The van der Waals surface area contributed by atoms with Crippen molar-refractivity contribution in [2.45, 2.75) is 39.6 Å². The molecule has 92 valence electrons. The Labute approximate surface area is 104 Å². The predicted octanol–water partition coefficient (Wildman–Crippen LogP) is 3.03. The average Bonchev–Trinajstić information content (AvgIpc) is 2.30. The van der Waals surface area contributed by atoms with E-state index in [9.17, 15) is 0 Å². The molecule has 1 heterocycles. The molecule has 4 heteroatoms. The fraction of sp³-hybridized carbons (Fsp3) is 0.538. The van der Waals surface area contributed by atoms with E-state index >= 15 is 0 Å². The topological polar surface area (TPSA) is 30.5 Å². The molecule has 1 unspecified atom stereocenters. The zero-order valence-corrected chi connectivity index (χ0v) is 10.8. The van der Waals surface area contributed by atoms with Crippen LogP contribution in [0.15, 0.2) is 18.2 Å². The van der Waals surface area contributed by atoms with Gasteiger partial charge in [0.2, 0.25) is 0 Å². The van der Waals surface area contributed by atoms with E-state index in [4.69, 9.17) is 9.39 Å². The van der Waals surface area contributed by atoms with Gasteiger partial charge in [0, 0.05) is 11.6 Å². The molecule has 0 amide bonds. The molecule has 1 aromatic rings. The summed E-state index contributed by atoms with van der Waals surface area (Å²) in [4.78, 5) is 0. The van der Waals surface area contributed by atoms with Crippen LogP contribution in [-0.2, 0) is 0 Å². The van der Waals surface area contributed by atoms with Crippen LogP contribution in [0.5, 0.6) is 11.5 Å². The van der Waals surface area contributed by atoms with Gasteiger partial charge in [-0.1, -0.05) is 13.3 Å². The SMILES string of the molecule is CCCCOc1ccc2c(c1)C(C)NB(C)O2. The molecule has 1 aliphatic heterocycles. The quantitative estimate of drug-likeness (QED) is 0.640. The van der Waals surface area contributed by atoms with Crippen LogP contribution in [-0.4, -0.2) is 13.7 Å². The van der Waals surface area contributed by atoms with Crippen molar-refractivity contribution in [3.63, 3.8) is 0 Å².